The third-order valence-electron chi connectivity index (χ3n) is 3.27. The molecule has 0 fully saturated rings. The largest absolute Gasteiger partial charge is 0.488 e. The monoisotopic (exact) mass is 292 g/mol. The molecule has 21 heavy (non-hydrogen) atoms. The summed E-state index contributed by atoms with van der Waals surface area (Å²) >= 11 is 0. The summed E-state index contributed by atoms with van der Waals surface area (Å²) in [5.74, 6) is -0.197. The van der Waals surface area contributed by atoms with Crippen LogP contribution in [0.25, 0.3) is 0 Å². The van der Waals surface area contributed by atoms with Crippen molar-refractivity contribution in [3.8, 4) is 0 Å². The molecule has 0 aliphatic rings. The van der Waals surface area contributed by atoms with Gasteiger partial charge in [0.05, 0.1) is 5.41 Å². The molecule has 0 aromatic heterocycles. The summed E-state index contributed by atoms with van der Waals surface area (Å²) in [6.45, 7) is 9.35. The van der Waals surface area contributed by atoms with Crippen LogP contribution in [0.4, 0.5) is 0 Å². The minimum atomic E-state index is -1.45. The van der Waals surface area contributed by atoms with E-state index in [1.165, 1.54) is 0 Å². The number of benzene rings is 1. The molecular formula is C16H25BO4. The number of esters is 1. The van der Waals surface area contributed by atoms with Gasteiger partial charge in [0, 0.05) is 0 Å². The zero-order valence-electron chi connectivity index (χ0n) is 13.5. The maximum atomic E-state index is 12.2. The van der Waals surface area contributed by atoms with Crippen LogP contribution in [-0.4, -0.2) is 28.7 Å². The predicted octanol–water partition coefficient (Wildman–Crippen LogP) is 1.67. The van der Waals surface area contributed by atoms with Crippen LogP contribution in [0.5, 0.6) is 0 Å². The molecule has 0 spiro atoms. The number of ether oxygens (including phenoxy) is 1. The Labute approximate surface area is 127 Å². The SMILES string of the molecule is CC(C)(C)OC(=O)C(C)(C)CCc1ccc(B(O)O)cc1. The average molecular weight is 292 g/mol. The predicted molar refractivity (Wildman–Crippen MR) is 84.2 cm³/mol. The van der Waals surface area contributed by atoms with Crippen molar-refractivity contribution in [3.63, 3.8) is 0 Å². The Kier molecular flexibility index (Phi) is 5.59. The van der Waals surface area contributed by atoms with Crippen LogP contribution < -0.4 is 5.46 Å². The normalized spacial score (nSPS) is 12.1. The third-order valence-corrected chi connectivity index (χ3v) is 3.27. The summed E-state index contributed by atoms with van der Waals surface area (Å²) in [7, 11) is -1.45. The van der Waals surface area contributed by atoms with Gasteiger partial charge in [0.15, 0.2) is 0 Å². The van der Waals surface area contributed by atoms with Crippen LogP contribution in [0.2, 0.25) is 0 Å². The van der Waals surface area contributed by atoms with E-state index in [-0.39, 0.29) is 5.97 Å². The molecule has 0 unspecified atom stereocenters. The van der Waals surface area contributed by atoms with E-state index < -0.39 is 18.1 Å². The molecule has 1 rings (SSSR count). The van der Waals surface area contributed by atoms with E-state index in [4.69, 9.17) is 14.8 Å². The van der Waals surface area contributed by atoms with Gasteiger partial charge in [-0.3, -0.25) is 4.79 Å². The maximum absolute atomic E-state index is 12.2. The first-order valence-corrected chi connectivity index (χ1v) is 7.20. The first-order valence-electron chi connectivity index (χ1n) is 7.20. The third kappa shape index (κ3) is 5.90. The lowest BCUT2D eigenvalue weighted by atomic mass is 9.79. The van der Waals surface area contributed by atoms with Crippen LogP contribution >= 0.6 is 0 Å². The van der Waals surface area contributed by atoms with Gasteiger partial charge in [0.1, 0.15) is 5.60 Å². The van der Waals surface area contributed by atoms with E-state index in [2.05, 4.69) is 0 Å². The van der Waals surface area contributed by atoms with Gasteiger partial charge >= 0.3 is 13.1 Å². The molecule has 5 heteroatoms. The maximum Gasteiger partial charge on any atom is 0.488 e. The lowest BCUT2D eigenvalue weighted by molar-refractivity contribution is -0.166. The second-order valence-electron chi connectivity index (χ2n) is 7.00. The molecule has 0 amide bonds. The zero-order valence-corrected chi connectivity index (χ0v) is 13.5. The molecule has 4 nitrogen and oxygen atoms in total. The Hall–Kier alpha value is -1.33. The van der Waals surface area contributed by atoms with Gasteiger partial charge in [-0.15, -0.1) is 0 Å². The Morgan fingerprint density at radius 1 is 1.10 bits per heavy atom. The van der Waals surface area contributed by atoms with Crippen molar-refractivity contribution in [2.24, 2.45) is 5.41 Å². The van der Waals surface area contributed by atoms with Crippen molar-refractivity contribution < 1.29 is 19.6 Å². The highest BCUT2D eigenvalue weighted by atomic mass is 16.6. The Morgan fingerprint density at radius 2 is 1.62 bits per heavy atom. The Balaban J connectivity index is 2.62. The van der Waals surface area contributed by atoms with Crippen molar-refractivity contribution in [1.82, 2.24) is 0 Å². The smallest absolute Gasteiger partial charge is 0.460 e. The highest BCUT2D eigenvalue weighted by Crippen LogP contribution is 2.27. The molecule has 0 saturated heterocycles. The first kappa shape index (κ1) is 17.7. The standard InChI is InChI=1S/C16H25BO4/c1-15(2,3)21-14(18)16(4,5)11-10-12-6-8-13(9-7-12)17(19)20/h6-9,19-20H,10-11H2,1-5H3. The molecule has 0 heterocycles. The van der Waals surface area contributed by atoms with Crippen molar-refractivity contribution in [2.75, 3.05) is 0 Å². The number of aryl methyl sites for hydroxylation is 1. The average Bonchev–Trinajstić information content (AvgIpc) is 2.35. The highest BCUT2D eigenvalue weighted by Gasteiger charge is 2.32. The topological polar surface area (TPSA) is 66.8 Å². The van der Waals surface area contributed by atoms with E-state index in [1.807, 2.05) is 46.8 Å². The fraction of sp³-hybridized carbons (Fsp3) is 0.562. The van der Waals surface area contributed by atoms with Gasteiger partial charge in [0.25, 0.3) is 0 Å². The molecule has 116 valence electrons. The number of carbonyl (C=O) groups excluding carboxylic acids is 1. The van der Waals surface area contributed by atoms with Crippen LogP contribution in [0.1, 0.15) is 46.6 Å². The van der Waals surface area contributed by atoms with E-state index in [0.717, 1.165) is 12.0 Å². The van der Waals surface area contributed by atoms with Crippen LogP contribution in [0.15, 0.2) is 24.3 Å². The number of carbonyl (C=O) groups is 1. The molecule has 0 saturated carbocycles. The van der Waals surface area contributed by atoms with Crippen molar-refractivity contribution in [2.45, 2.75) is 53.1 Å². The van der Waals surface area contributed by atoms with Crippen molar-refractivity contribution >= 4 is 18.6 Å². The summed E-state index contributed by atoms with van der Waals surface area (Å²) in [4.78, 5) is 12.2. The number of hydrogen-bond acceptors (Lipinski definition) is 4. The van der Waals surface area contributed by atoms with Gasteiger partial charge in [0.2, 0.25) is 0 Å². The summed E-state index contributed by atoms with van der Waals surface area (Å²) in [6.07, 6.45) is 1.40. The van der Waals surface area contributed by atoms with Gasteiger partial charge in [-0.05, 0) is 58.5 Å². The first-order chi connectivity index (χ1) is 9.51. The molecule has 1 aromatic carbocycles. The Morgan fingerprint density at radius 3 is 2.05 bits per heavy atom. The molecule has 0 aliphatic carbocycles. The van der Waals surface area contributed by atoms with E-state index in [9.17, 15) is 4.79 Å². The summed E-state index contributed by atoms with van der Waals surface area (Å²) in [6, 6.07) is 7.06. The number of hydrogen-bond donors (Lipinski definition) is 2. The minimum absolute atomic E-state index is 0.197. The van der Waals surface area contributed by atoms with E-state index >= 15 is 0 Å². The molecule has 0 bridgehead atoms. The lowest BCUT2D eigenvalue weighted by Crippen LogP contribution is -2.34. The second-order valence-corrected chi connectivity index (χ2v) is 7.00. The summed E-state index contributed by atoms with van der Waals surface area (Å²) < 4.78 is 5.44. The highest BCUT2D eigenvalue weighted by molar-refractivity contribution is 6.58. The van der Waals surface area contributed by atoms with Crippen LogP contribution in [-0.2, 0) is 16.0 Å². The molecule has 2 N–H and O–H groups in total. The van der Waals surface area contributed by atoms with Crippen LogP contribution in [0, 0.1) is 5.41 Å². The van der Waals surface area contributed by atoms with E-state index in [0.29, 0.717) is 11.9 Å². The van der Waals surface area contributed by atoms with Gasteiger partial charge in [-0.1, -0.05) is 24.3 Å². The zero-order chi connectivity index (χ0) is 16.3. The van der Waals surface area contributed by atoms with Gasteiger partial charge in [-0.2, -0.15) is 0 Å². The van der Waals surface area contributed by atoms with Gasteiger partial charge in [-0.25, -0.2) is 0 Å². The van der Waals surface area contributed by atoms with Crippen molar-refractivity contribution in [3.05, 3.63) is 29.8 Å². The molecule has 1 aromatic rings. The summed E-state index contributed by atoms with van der Waals surface area (Å²) in [5.41, 5.74) is 0.483. The number of rotatable bonds is 5. The van der Waals surface area contributed by atoms with E-state index in [1.54, 1.807) is 12.1 Å². The summed E-state index contributed by atoms with van der Waals surface area (Å²) in [5, 5.41) is 18.1. The fourth-order valence-electron chi connectivity index (χ4n) is 1.83. The Bertz CT molecular complexity index is 472. The lowest BCUT2D eigenvalue weighted by Gasteiger charge is -2.28. The minimum Gasteiger partial charge on any atom is -0.460 e. The second kappa shape index (κ2) is 6.63. The van der Waals surface area contributed by atoms with Crippen LogP contribution in [0.3, 0.4) is 0 Å². The molecule has 0 atom stereocenters. The molecule has 0 radical (unpaired) electrons. The van der Waals surface area contributed by atoms with Crippen molar-refractivity contribution in [1.29, 1.82) is 0 Å². The molecular weight excluding hydrogens is 267 g/mol. The fourth-order valence-corrected chi connectivity index (χ4v) is 1.83. The van der Waals surface area contributed by atoms with Gasteiger partial charge < -0.3 is 14.8 Å². The quantitative estimate of drug-likeness (QED) is 0.640. The molecule has 0 aliphatic heterocycles.